The maximum atomic E-state index is 13.0. The highest BCUT2D eigenvalue weighted by Crippen LogP contribution is 2.46. The molecule has 1 unspecified atom stereocenters. The summed E-state index contributed by atoms with van der Waals surface area (Å²) in [6, 6.07) is 4.13. The van der Waals surface area contributed by atoms with E-state index in [9.17, 15) is 24.3 Å². The van der Waals surface area contributed by atoms with Crippen molar-refractivity contribution >= 4 is 40.1 Å². The number of nitrogens with zero attached hydrogens (tertiary/aromatic N) is 1. The summed E-state index contributed by atoms with van der Waals surface area (Å²) in [4.78, 5) is 50.1. The van der Waals surface area contributed by atoms with Crippen LogP contribution in [0.25, 0.3) is 21.3 Å². The van der Waals surface area contributed by atoms with Gasteiger partial charge in [0.05, 0.1) is 36.5 Å². The molecule has 10 nitrogen and oxygen atoms in total. The molecule has 0 bridgehead atoms. The van der Waals surface area contributed by atoms with Crippen molar-refractivity contribution in [2.24, 2.45) is 5.73 Å². The lowest BCUT2D eigenvalue weighted by Gasteiger charge is -2.24. The molecule has 3 aromatic rings. The molecule has 0 radical (unpaired) electrons. The average molecular weight is 526 g/mol. The number of rotatable bonds is 8. The summed E-state index contributed by atoms with van der Waals surface area (Å²) < 4.78 is 7.69. The van der Waals surface area contributed by atoms with Gasteiger partial charge in [-0.15, -0.1) is 11.3 Å². The summed E-state index contributed by atoms with van der Waals surface area (Å²) >= 11 is 1.58. The molecule has 2 aliphatic rings. The maximum Gasteiger partial charge on any atom is 0.341 e. The fraction of sp³-hybridized carbons (Fsp3) is 0.385. The Labute approximate surface area is 215 Å². The number of methoxy groups -OCH3 is 1. The van der Waals surface area contributed by atoms with Crippen molar-refractivity contribution in [2.75, 3.05) is 7.11 Å². The summed E-state index contributed by atoms with van der Waals surface area (Å²) in [7, 11) is 1.53. The largest absolute Gasteiger partial charge is 0.494 e. The van der Waals surface area contributed by atoms with E-state index in [0.29, 0.717) is 23.1 Å². The number of hydrogen-bond donors (Lipinski definition) is 4. The highest BCUT2D eigenvalue weighted by molar-refractivity contribution is 7.15. The first kappa shape index (κ1) is 25.0. The van der Waals surface area contributed by atoms with Gasteiger partial charge in [0.1, 0.15) is 5.56 Å². The highest BCUT2D eigenvalue weighted by atomic mass is 32.1. The quantitative estimate of drug-likeness (QED) is 0.349. The summed E-state index contributed by atoms with van der Waals surface area (Å²) in [5.41, 5.74) is 7.26. The van der Waals surface area contributed by atoms with Crippen LogP contribution in [-0.4, -0.2) is 45.8 Å². The van der Waals surface area contributed by atoms with Gasteiger partial charge in [-0.2, -0.15) is 0 Å². The number of hydrogen-bond acceptors (Lipinski definition) is 7. The lowest BCUT2D eigenvalue weighted by molar-refractivity contribution is -0.139. The molecule has 2 aromatic heterocycles. The summed E-state index contributed by atoms with van der Waals surface area (Å²) in [6.07, 6.45) is 5.18. The molecule has 0 aliphatic heterocycles. The molecule has 37 heavy (non-hydrogen) atoms. The fourth-order valence-electron chi connectivity index (χ4n) is 5.01. The number of carboxylic acids is 2. The van der Waals surface area contributed by atoms with Gasteiger partial charge >= 0.3 is 11.9 Å². The molecule has 0 spiro atoms. The van der Waals surface area contributed by atoms with Crippen LogP contribution in [0.2, 0.25) is 0 Å². The summed E-state index contributed by atoms with van der Waals surface area (Å²) in [5, 5.41) is 21.7. The zero-order valence-corrected chi connectivity index (χ0v) is 21.0. The fourth-order valence-corrected chi connectivity index (χ4v) is 6.30. The predicted octanol–water partition coefficient (Wildman–Crippen LogP) is 3.07. The number of nitrogens with one attached hydrogen (secondary N) is 1. The molecule has 1 saturated carbocycles. The van der Waals surface area contributed by atoms with Gasteiger partial charge in [-0.3, -0.25) is 14.4 Å². The monoisotopic (exact) mass is 525 g/mol. The Bertz CT molecular complexity index is 1490. The second-order valence-electron chi connectivity index (χ2n) is 9.50. The number of pyridine rings is 1. The molecule has 5 N–H and O–H groups in total. The van der Waals surface area contributed by atoms with E-state index >= 15 is 0 Å². The van der Waals surface area contributed by atoms with Crippen LogP contribution in [0.5, 0.6) is 5.75 Å². The average Bonchev–Trinajstić information content (AvgIpc) is 3.60. The zero-order chi connectivity index (χ0) is 26.4. The van der Waals surface area contributed by atoms with Crippen LogP contribution in [0.3, 0.4) is 0 Å². The van der Waals surface area contributed by atoms with Crippen LogP contribution in [0, 0.1) is 0 Å². The molecular formula is C26H27N3O7S. The number of carboxylic acid groups (broad SMARTS) is 2. The third kappa shape index (κ3) is 4.60. The van der Waals surface area contributed by atoms with Crippen molar-refractivity contribution in [3.8, 4) is 16.2 Å². The van der Waals surface area contributed by atoms with E-state index in [-0.39, 0.29) is 17.6 Å². The number of ether oxygens (including phenoxy) is 1. The number of aryl methyl sites for hydroxylation is 1. The predicted molar refractivity (Wildman–Crippen MR) is 137 cm³/mol. The number of carbonyl (C=O) groups excluding carboxylic acids is 1. The first-order chi connectivity index (χ1) is 17.7. The number of aliphatic carboxylic acids is 1. The lowest BCUT2D eigenvalue weighted by Crippen LogP contribution is -2.43. The van der Waals surface area contributed by atoms with Gasteiger partial charge in [0.25, 0.3) is 0 Å². The van der Waals surface area contributed by atoms with E-state index < -0.39 is 35.7 Å². The van der Waals surface area contributed by atoms with E-state index in [1.54, 1.807) is 23.5 Å². The Morgan fingerprint density at radius 2 is 2.00 bits per heavy atom. The second-order valence-corrected chi connectivity index (χ2v) is 10.6. The first-order valence-corrected chi connectivity index (χ1v) is 12.9. The standard InChI is InChI=1S/C26H27N3O7S/c1-36-24-13(7-8-14-22(24)29(12-5-6-12)11-16(23(14)32)26(34)35)20-9-15-18(3-2-4-19(15)37-20)28-25(33)17(27)10-21(30)31/h7-9,11-12,17-18H,2-6,10,27H2,1H3,(H,28,33)(H,30,31)(H,34,35)/t17-,18?/m1/s1. The van der Waals surface area contributed by atoms with Gasteiger partial charge < -0.3 is 30.6 Å². The topological polar surface area (TPSA) is 161 Å². The van der Waals surface area contributed by atoms with Crippen LogP contribution >= 0.6 is 11.3 Å². The van der Waals surface area contributed by atoms with E-state index in [4.69, 9.17) is 15.6 Å². The van der Waals surface area contributed by atoms with Crippen LogP contribution in [-0.2, 0) is 16.0 Å². The van der Waals surface area contributed by atoms with Crippen LogP contribution in [0.15, 0.2) is 29.2 Å². The Morgan fingerprint density at radius 3 is 2.65 bits per heavy atom. The van der Waals surface area contributed by atoms with Crippen LogP contribution in [0.1, 0.15) is 65.0 Å². The molecule has 1 aromatic carbocycles. The van der Waals surface area contributed by atoms with Crippen molar-refractivity contribution in [3.63, 3.8) is 0 Å². The number of carbonyl (C=O) groups is 3. The van der Waals surface area contributed by atoms with Crippen molar-refractivity contribution < 1.29 is 29.3 Å². The molecule has 1 fully saturated rings. The summed E-state index contributed by atoms with van der Waals surface area (Å²) in [5.74, 6) is -2.39. The Morgan fingerprint density at radius 1 is 1.24 bits per heavy atom. The molecule has 0 saturated heterocycles. The maximum absolute atomic E-state index is 13.0. The molecule has 2 atom stereocenters. The number of aromatic nitrogens is 1. The van der Waals surface area contributed by atoms with E-state index in [2.05, 4.69) is 5.32 Å². The van der Waals surface area contributed by atoms with Gasteiger partial charge in [0.2, 0.25) is 11.3 Å². The SMILES string of the molecule is COc1c(-c2cc3c(s2)CCCC3NC(=O)[C@H](N)CC(=O)O)ccc2c(=O)c(C(=O)O)cn(C3CC3)c12. The molecule has 194 valence electrons. The highest BCUT2D eigenvalue weighted by Gasteiger charge is 2.31. The van der Waals surface area contributed by atoms with Crippen molar-refractivity contribution in [3.05, 3.63) is 50.6 Å². The third-order valence-corrected chi connectivity index (χ3v) is 8.19. The Hall–Kier alpha value is -3.70. The van der Waals surface area contributed by atoms with Gasteiger partial charge in [-0.25, -0.2) is 4.79 Å². The van der Waals surface area contributed by atoms with Gasteiger partial charge in [0, 0.05) is 27.6 Å². The molecule has 2 heterocycles. The number of thiophene rings is 1. The van der Waals surface area contributed by atoms with Gasteiger partial charge in [-0.1, -0.05) is 0 Å². The third-order valence-electron chi connectivity index (χ3n) is 6.95. The number of nitrogens with two attached hydrogens (primary N) is 1. The number of benzene rings is 1. The van der Waals surface area contributed by atoms with E-state index in [0.717, 1.165) is 46.6 Å². The second kappa shape index (κ2) is 9.64. The Balaban J connectivity index is 1.57. The van der Waals surface area contributed by atoms with Crippen LogP contribution < -0.4 is 21.2 Å². The molecule has 5 rings (SSSR count). The minimum Gasteiger partial charge on any atom is -0.494 e. The first-order valence-electron chi connectivity index (χ1n) is 12.1. The number of aromatic carboxylic acids is 1. The van der Waals surface area contributed by atoms with E-state index in [1.807, 2.05) is 10.6 Å². The minimum atomic E-state index is -1.26. The smallest absolute Gasteiger partial charge is 0.341 e. The van der Waals surface area contributed by atoms with Crippen molar-refractivity contribution in [1.82, 2.24) is 9.88 Å². The number of fused-ring (bicyclic) bond motifs is 2. The summed E-state index contributed by atoms with van der Waals surface area (Å²) in [6.45, 7) is 0. The van der Waals surface area contributed by atoms with Crippen LogP contribution in [0.4, 0.5) is 0 Å². The molecular weight excluding hydrogens is 498 g/mol. The van der Waals surface area contributed by atoms with Crippen molar-refractivity contribution in [1.29, 1.82) is 0 Å². The van der Waals surface area contributed by atoms with Gasteiger partial charge in [-0.05, 0) is 55.9 Å². The van der Waals surface area contributed by atoms with Gasteiger partial charge in [0.15, 0.2) is 5.75 Å². The lowest BCUT2D eigenvalue weighted by atomic mass is 9.92. The van der Waals surface area contributed by atoms with E-state index in [1.165, 1.54) is 13.3 Å². The molecule has 11 heteroatoms. The minimum absolute atomic E-state index is 0.108. The molecule has 2 aliphatic carbocycles. The Kier molecular flexibility index (Phi) is 6.50. The normalized spacial score (nSPS) is 17.7. The zero-order valence-electron chi connectivity index (χ0n) is 20.2. The number of amides is 1. The van der Waals surface area contributed by atoms with Crippen molar-refractivity contribution in [2.45, 2.75) is 56.7 Å². The molecule has 1 amide bonds.